The van der Waals surface area contributed by atoms with Gasteiger partial charge in [0, 0.05) is 11.3 Å². The molecule has 0 atom stereocenters. The number of benzene rings is 2. The van der Waals surface area contributed by atoms with Gasteiger partial charge in [-0.25, -0.2) is 4.99 Å². The Balaban J connectivity index is 2.03. The summed E-state index contributed by atoms with van der Waals surface area (Å²) < 4.78 is 0. The molecule has 1 aliphatic carbocycles. The summed E-state index contributed by atoms with van der Waals surface area (Å²) in [5, 5.41) is 33.0. The quantitative estimate of drug-likeness (QED) is 0.360. The number of hydrogen-bond acceptors (Lipinski definition) is 6. The summed E-state index contributed by atoms with van der Waals surface area (Å²) in [6.45, 7) is 1.90. The molecule has 0 amide bonds. The predicted molar refractivity (Wildman–Crippen MR) is 115 cm³/mol. The topological polar surface area (TPSA) is 102 Å². The second kappa shape index (κ2) is 8.59. The van der Waals surface area contributed by atoms with Crippen LogP contribution in [0, 0.1) is 0 Å². The van der Waals surface area contributed by atoms with E-state index in [2.05, 4.69) is 10.3 Å². The monoisotopic (exact) mass is 432 g/mol. The molecule has 29 heavy (non-hydrogen) atoms. The molecule has 0 aromatic heterocycles. The Labute approximate surface area is 177 Å². The molecule has 0 unspecified atom stereocenters. The number of aromatic hydroxyl groups is 2. The van der Waals surface area contributed by atoms with Crippen LogP contribution in [-0.2, 0) is 4.79 Å². The van der Waals surface area contributed by atoms with Gasteiger partial charge in [-0.3, -0.25) is 4.79 Å². The number of Topliss-reactive ketones (excluding diaryl/α,β-unsaturated/α-hetero) is 1. The Morgan fingerprint density at radius 3 is 2.28 bits per heavy atom. The summed E-state index contributed by atoms with van der Waals surface area (Å²) in [6.07, 6.45) is 2.45. The van der Waals surface area contributed by atoms with Gasteiger partial charge in [0.25, 0.3) is 0 Å². The lowest BCUT2D eigenvalue weighted by atomic mass is 9.94. The second-order valence-electron chi connectivity index (χ2n) is 6.39. The number of ketones is 1. The van der Waals surface area contributed by atoms with E-state index in [-0.39, 0.29) is 50.1 Å². The number of carbonyl (C=O) groups excluding carboxylic acids is 1. The zero-order chi connectivity index (χ0) is 21.1. The standard InChI is InChI=1S/C21H18Cl2N2O4/c1-2-3-13-20(28)16(24-11-4-6-18(26)14(22)8-11)10-17(21(13)29)25-12-5-7-19(27)15(23)9-12/h4-10,24,26-27,29H,2-3H2,1H3/b25-17-. The van der Waals surface area contributed by atoms with Crippen molar-refractivity contribution in [3.05, 3.63) is 69.5 Å². The third-order valence-corrected chi connectivity index (χ3v) is 4.84. The summed E-state index contributed by atoms with van der Waals surface area (Å²) in [5.74, 6) is -0.702. The number of aliphatic hydroxyl groups excluding tert-OH is 1. The zero-order valence-electron chi connectivity index (χ0n) is 15.4. The van der Waals surface area contributed by atoms with E-state index in [1.807, 2.05) is 6.92 Å². The number of aliphatic hydroxyl groups is 1. The number of hydrogen-bond donors (Lipinski definition) is 4. The van der Waals surface area contributed by atoms with Crippen LogP contribution in [0.5, 0.6) is 11.5 Å². The van der Waals surface area contributed by atoms with Crippen LogP contribution in [0.15, 0.2) is 64.5 Å². The summed E-state index contributed by atoms with van der Waals surface area (Å²) in [6, 6.07) is 8.85. The highest BCUT2D eigenvalue weighted by Crippen LogP contribution is 2.31. The van der Waals surface area contributed by atoms with E-state index in [4.69, 9.17) is 23.2 Å². The number of aliphatic imine (C=N–C) groups is 1. The van der Waals surface area contributed by atoms with Gasteiger partial charge in [0.1, 0.15) is 23.0 Å². The van der Waals surface area contributed by atoms with Gasteiger partial charge in [0.05, 0.1) is 21.4 Å². The molecule has 0 heterocycles. The van der Waals surface area contributed by atoms with Crippen molar-refractivity contribution in [2.75, 3.05) is 5.32 Å². The van der Waals surface area contributed by atoms with Crippen molar-refractivity contribution in [1.82, 2.24) is 0 Å². The molecule has 2 aromatic rings. The average molecular weight is 433 g/mol. The third kappa shape index (κ3) is 4.55. The Hall–Kier alpha value is -2.96. The number of nitrogens with zero attached hydrogens (tertiary/aromatic N) is 1. The molecule has 150 valence electrons. The fourth-order valence-electron chi connectivity index (χ4n) is 2.80. The number of carbonyl (C=O) groups is 1. The van der Waals surface area contributed by atoms with Crippen LogP contribution in [0.1, 0.15) is 19.8 Å². The minimum absolute atomic E-state index is 0.0724. The minimum Gasteiger partial charge on any atom is -0.506 e. The molecule has 4 N–H and O–H groups in total. The second-order valence-corrected chi connectivity index (χ2v) is 7.20. The molecule has 8 heteroatoms. The van der Waals surface area contributed by atoms with Gasteiger partial charge in [-0.2, -0.15) is 0 Å². The number of anilines is 1. The molecule has 3 rings (SSSR count). The van der Waals surface area contributed by atoms with E-state index in [9.17, 15) is 20.1 Å². The third-order valence-electron chi connectivity index (χ3n) is 4.24. The van der Waals surface area contributed by atoms with Gasteiger partial charge in [-0.1, -0.05) is 36.5 Å². The highest BCUT2D eigenvalue weighted by molar-refractivity contribution is 6.32. The molecule has 6 nitrogen and oxygen atoms in total. The van der Waals surface area contributed by atoms with E-state index in [0.29, 0.717) is 24.2 Å². The number of halogens is 2. The fraction of sp³-hybridized carbons (Fsp3) is 0.143. The summed E-state index contributed by atoms with van der Waals surface area (Å²) in [7, 11) is 0. The van der Waals surface area contributed by atoms with Crippen LogP contribution >= 0.6 is 23.2 Å². The van der Waals surface area contributed by atoms with Crippen molar-refractivity contribution in [2.45, 2.75) is 19.8 Å². The molecule has 2 aromatic carbocycles. The molecule has 0 radical (unpaired) electrons. The smallest absolute Gasteiger partial charge is 0.209 e. The molecule has 0 saturated carbocycles. The highest BCUT2D eigenvalue weighted by atomic mass is 35.5. The van der Waals surface area contributed by atoms with Gasteiger partial charge in [-0.05, 0) is 48.9 Å². The van der Waals surface area contributed by atoms with Crippen LogP contribution in [0.2, 0.25) is 10.0 Å². The molecule has 0 aliphatic heterocycles. The zero-order valence-corrected chi connectivity index (χ0v) is 16.9. The SMILES string of the molecule is CCCC1=C(O)/C(=N\c2ccc(O)c(Cl)c2)C=C(Nc2ccc(O)c(Cl)c2)C1=O. The first-order valence-corrected chi connectivity index (χ1v) is 9.57. The lowest BCUT2D eigenvalue weighted by molar-refractivity contribution is -0.112. The van der Waals surface area contributed by atoms with Crippen LogP contribution in [0.4, 0.5) is 11.4 Å². The Bertz CT molecular complexity index is 1070. The van der Waals surface area contributed by atoms with Gasteiger partial charge in [-0.15, -0.1) is 0 Å². The summed E-state index contributed by atoms with van der Waals surface area (Å²) in [5.41, 5.74) is 1.53. The normalized spacial score (nSPS) is 15.6. The largest absolute Gasteiger partial charge is 0.506 e. The summed E-state index contributed by atoms with van der Waals surface area (Å²) in [4.78, 5) is 17.2. The fourth-order valence-corrected chi connectivity index (χ4v) is 3.16. The van der Waals surface area contributed by atoms with Crippen molar-refractivity contribution in [2.24, 2.45) is 4.99 Å². The number of phenolic OH excluding ortho intramolecular Hbond substituents is 2. The van der Waals surface area contributed by atoms with Crippen LogP contribution < -0.4 is 5.32 Å². The maximum Gasteiger partial charge on any atom is 0.209 e. The van der Waals surface area contributed by atoms with Gasteiger partial charge < -0.3 is 20.6 Å². The van der Waals surface area contributed by atoms with Crippen molar-refractivity contribution in [1.29, 1.82) is 0 Å². The molecule has 0 saturated heterocycles. The van der Waals surface area contributed by atoms with E-state index >= 15 is 0 Å². The van der Waals surface area contributed by atoms with E-state index in [1.54, 1.807) is 6.07 Å². The van der Waals surface area contributed by atoms with Crippen LogP contribution in [-0.4, -0.2) is 26.8 Å². The Morgan fingerprint density at radius 1 is 1.00 bits per heavy atom. The highest BCUT2D eigenvalue weighted by Gasteiger charge is 2.27. The summed E-state index contributed by atoms with van der Waals surface area (Å²) >= 11 is 11.9. The van der Waals surface area contributed by atoms with E-state index in [0.717, 1.165) is 0 Å². The first-order valence-electron chi connectivity index (χ1n) is 8.81. The molecule has 0 fully saturated rings. The lowest BCUT2D eigenvalue weighted by Gasteiger charge is -2.19. The molecule has 1 aliphatic rings. The molecule has 0 bridgehead atoms. The maximum absolute atomic E-state index is 12.8. The predicted octanol–water partition coefficient (Wildman–Crippen LogP) is 5.67. The van der Waals surface area contributed by atoms with Crippen molar-refractivity contribution < 1.29 is 20.1 Å². The van der Waals surface area contributed by atoms with E-state index in [1.165, 1.54) is 36.4 Å². The molecular formula is C21H18Cl2N2O4. The first-order chi connectivity index (χ1) is 13.8. The molecular weight excluding hydrogens is 415 g/mol. The molecule has 0 spiro atoms. The van der Waals surface area contributed by atoms with Crippen molar-refractivity contribution in [3.63, 3.8) is 0 Å². The van der Waals surface area contributed by atoms with Gasteiger partial charge in [0.15, 0.2) is 0 Å². The number of allylic oxidation sites excluding steroid dienone is 2. The Morgan fingerprint density at radius 2 is 1.66 bits per heavy atom. The van der Waals surface area contributed by atoms with E-state index < -0.39 is 0 Å². The lowest BCUT2D eigenvalue weighted by Crippen LogP contribution is -2.23. The van der Waals surface area contributed by atoms with Crippen LogP contribution in [0.25, 0.3) is 0 Å². The van der Waals surface area contributed by atoms with Gasteiger partial charge >= 0.3 is 0 Å². The van der Waals surface area contributed by atoms with Gasteiger partial charge in [0.2, 0.25) is 5.78 Å². The number of phenols is 2. The Kier molecular flexibility index (Phi) is 6.15. The number of rotatable bonds is 5. The van der Waals surface area contributed by atoms with Crippen molar-refractivity contribution >= 4 is 46.1 Å². The number of nitrogens with one attached hydrogen (secondary N) is 1. The first kappa shape index (κ1) is 20.8. The van der Waals surface area contributed by atoms with Crippen molar-refractivity contribution in [3.8, 4) is 11.5 Å². The average Bonchev–Trinajstić information content (AvgIpc) is 2.68. The van der Waals surface area contributed by atoms with Crippen LogP contribution in [0.3, 0.4) is 0 Å². The minimum atomic E-state index is -0.351. The maximum atomic E-state index is 12.8.